The number of carbonyl (C=O) groups is 1. The predicted octanol–water partition coefficient (Wildman–Crippen LogP) is 0.929. The van der Waals surface area contributed by atoms with E-state index in [4.69, 9.17) is 10.8 Å². The highest BCUT2D eigenvalue weighted by molar-refractivity contribution is 5.73. The van der Waals surface area contributed by atoms with Crippen molar-refractivity contribution in [1.29, 1.82) is 0 Å². The van der Waals surface area contributed by atoms with E-state index in [0.29, 0.717) is 6.42 Å². The molecule has 0 aromatic carbocycles. The predicted molar refractivity (Wildman–Crippen MR) is 57.5 cm³/mol. The largest absolute Gasteiger partial charge is 0.480 e. The summed E-state index contributed by atoms with van der Waals surface area (Å²) < 4.78 is 0. The maximum atomic E-state index is 10.6. The van der Waals surface area contributed by atoms with Crippen LogP contribution in [0.3, 0.4) is 0 Å². The van der Waals surface area contributed by atoms with Crippen LogP contribution in [0.15, 0.2) is 12.3 Å². The highest BCUT2D eigenvalue weighted by atomic mass is 16.4. The highest BCUT2D eigenvalue weighted by Crippen LogP contribution is 2.22. The fraction of sp³-hybridized carbons (Fsp3) is 0.364. The summed E-state index contributed by atoms with van der Waals surface area (Å²) in [6.07, 6.45) is 8.39. The third-order valence-corrected chi connectivity index (χ3v) is 2.72. The van der Waals surface area contributed by atoms with Crippen LogP contribution < -0.4 is 5.73 Å². The van der Waals surface area contributed by atoms with E-state index in [-0.39, 0.29) is 0 Å². The van der Waals surface area contributed by atoms with Crippen molar-refractivity contribution in [1.82, 2.24) is 4.98 Å². The number of aliphatic carboxylic acids is 1. The lowest BCUT2D eigenvalue weighted by molar-refractivity contribution is -0.138. The first-order chi connectivity index (χ1) is 7.18. The van der Waals surface area contributed by atoms with Crippen LogP contribution in [0, 0.1) is 0 Å². The fourth-order valence-corrected chi connectivity index (χ4v) is 1.89. The van der Waals surface area contributed by atoms with Gasteiger partial charge in [0.1, 0.15) is 6.04 Å². The number of allylic oxidation sites excluding steroid dienone is 1. The number of rotatable bonds is 3. The van der Waals surface area contributed by atoms with Crippen molar-refractivity contribution < 1.29 is 9.90 Å². The van der Waals surface area contributed by atoms with Gasteiger partial charge in [-0.25, -0.2) is 0 Å². The van der Waals surface area contributed by atoms with Crippen LogP contribution in [0.5, 0.6) is 0 Å². The zero-order valence-electron chi connectivity index (χ0n) is 8.36. The summed E-state index contributed by atoms with van der Waals surface area (Å²) in [5.74, 6) is -0.948. The average molecular weight is 206 g/mol. The zero-order valence-corrected chi connectivity index (χ0v) is 8.36. The molecule has 0 spiro atoms. The van der Waals surface area contributed by atoms with Crippen molar-refractivity contribution in [3.8, 4) is 0 Å². The Bertz CT molecular complexity index is 407. The number of H-pyrrole nitrogens is 1. The van der Waals surface area contributed by atoms with Gasteiger partial charge in [-0.05, 0) is 30.0 Å². The van der Waals surface area contributed by atoms with E-state index in [1.165, 1.54) is 5.56 Å². The van der Waals surface area contributed by atoms with Crippen LogP contribution in [-0.4, -0.2) is 22.1 Å². The number of carboxylic acids is 1. The van der Waals surface area contributed by atoms with Gasteiger partial charge in [-0.2, -0.15) is 0 Å². The number of fused-ring (bicyclic) bond motifs is 1. The fourth-order valence-electron chi connectivity index (χ4n) is 1.89. The van der Waals surface area contributed by atoms with Gasteiger partial charge in [0.25, 0.3) is 0 Å². The Kier molecular flexibility index (Phi) is 2.60. The standard InChI is InChI=1S/C11H14N2O2/c12-9(11(14)15)5-7-6-13-10-4-2-1-3-8(7)10/h2,4,6,9,13H,1,3,5,12H2,(H,14,15). The molecule has 1 aliphatic carbocycles. The molecule has 4 heteroatoms. The van der Waals surface area contributed by atoms with E-state index in [1.54, 1.807) is 0 Å². The van der Waals surface area contributed by atoms with Gasteiger partial charge in [-0.15, -0.1) is 0 Å². The highest BCUT2D eigenvalue weighted by Gasteiger charge is 2.17. The second kappa shape index (κ2) is 3.90. The average Bonchev–Trinajstić information content (AvgIpc) is 2.62. The maximum Gasteiger partial charge on any atom is 0.320 e. The summed E-state index contributed by atoms with van der Waals surface area (Å²) in [6, 6.07) is -0.809. The molecule has 0 aliphatic heterocycles. The normalized spacial score (nSPS) is 16.1. The van der Waals surface area contributed by atoms with Crippen molar-refractivity contribution in [3.05, 3.63) is 29.1 Å². The van der Waals surface area contributed by atoms with Crippen molar-refractivity contribution in [3.63, 3.8) is 0 Å². The van der Waals surface area contributed by atoms with Crippen molar-refractivity contribution >= 4 is 12.0 Å². The Morgan fingerprint density at radius 1 is 1.67 bits per heavy atom. The summed E-state index contributed by atoms with van der Waals surface area (Å²) in [5.41, 5.74) is 8.85. The van der Waals surface area contributed by atoms with Crippen LogP contribution >= 0.6 is 0 Å². The van der Waals surface area contributed by atoms with Crippen LogP contribution in [-0.2, 0) is 17.6 Å². The van der Waals surface area contributed by atoms with Gasteiger partial charge in [-0.1, -0.05) is 6.08 Å². The molecule has 1 heterocycles. The third-order valence-electron chi connectivity index (χ3n) is 2.72. The van der Waals surface area contributed by atoms with Crippen LogP contribution in [0.2, 0.25) is 0 Å². The van der Waals surface area contributed by atoms with E-state index < -0.39 is 12.0 Å². The molecule has 1 aliphatic rings. The molecule has 0 saturated heterocycles. The Hall–Kier alpha value is -1.55. The third kappa shape index (κ3) is 1.94. The number of aromatic amines is 1. The molecule has 1 aromatic rings. The molecule has 1 aromatic heterocycles. The lowest BCUT2D eigenvalue weighted by Crippen LogP contribution is -2.32. The van der Waals surface area contributed by atoms with Crippen molar-refractivity contribution in [2.45, 2.75) is 25.3 Å². The first kappa shape index (κ1) is 9.98. The molecule has 1 atom stereocenters. The second-order valence-corrected chi connectivity index (χ2v) is 3.80. The van der Waals surface area contributed by atoms with E-state index in [9.17, 15) is 4.79 Å². The molecular formula is C11H14N2O2. The molecule has 0 radical (unpaired) electrons. The van der Waals surface area contributed by atoms with Gasteiger partial charge in [0.05, 0.1) is 0 Å². The van der Waals surface area contributed by atoms with Gasteiger partial charge in [-0.3, -0.25) is 4.79 Å². The zero-order chi connectivity index (χ0) is 10.8. The topological polar surface area (TPSA) is 79.1 Å². The first-order valence-electron chi connectivity index (χ1n) is 5.02. The van der Waals surface area contributed by atoms with Crippen LogP contribution in [0.25, 0.3) is 6.08 Å². The molecule has 0 amide bonds. The summed E-state index contributed by atoms with van der Waals surface area (Å²) in [7, 11) is 0. The lowest BCUT2D eigenvalue weighted by atomic mass is 9.97. The molecule has 4 nitrogen and oxygen atoms in total. The Morgan fingerprint density at radius 2 is 2.47 bits per heavy atom. The summed E-state index contributed by atoms with van der Waals surface area (Å²) in [5, 5.41) is 8.74. The first-order valence-corrected chi connectivity index (χ1v) is 5.02. The van der Waals surface area contributed by atoms with Crippen molar-refractivity contribution in [2.24, 2.45) is 5.73 Å². The van der Waals surface area contributed by atoms with E-state index in [0.717, 1.165) is 24.1 Å². The van der Waals surface area contributed by atoms with Gasteiger partial charge in [0.2, 0.25) is 0 Å². The summed E-state index contributed by atoms with van der Waals surface area (Å²) in [6.45, 7) is 0. The molecule has 15 heavy (non-hydrogen) atoms. The minimum atomic E-state index is -0.948. The van der Waals surface area contributed by atoms with Crippen molar-refractivity contribution in [2.75, 3.05) is 0 Å². The van der Waals surface area contributed by atoms with Gasteiger partial charge in [0, 0.05) is 18.3 Å². The molecule has 4 N–H and O–H groups in total. The van der Waals surface area contributed by atoms with E-state index in [2.05, 4.69) is 11.1 Å². The number of hydrogen-bond donors (Lipinski definition) is 3. The van der Waals surface area contributed by atoms with Crippen LogP contribution in [0.4, 0.5) is 0 Å². The Morgan fingerprint density at radius 3 is 3.20 bits per heavy atom. The van der Waals surface area contributed by atoms with E-state index in [1.807, 2.05) is 12.3 Å². The van der Waals surface area contributed by atoms with E-state index >= 15 is 0 Å². The SMILES string of the molecule is NC(Cc1c[nH]c2c1CCC=C2)C(=O)O. The minimum absolute atomic E-state index is 0.398. The van der Waals surface area contributed by atoms with Gasteiger partial charge in [0.15, 0.2) is 0 Å². The molecular weight excluding hydrogens is 192 g/mol. The van der Waals surface area contributed by atoms with Gasteiger partial charge >= 0.3 is 5.97 Å². The number of aromatic nitrogens is 1. The number of nitrogens with one attached hydrogen (secondary N) is 1. The summed E-state index contributed by atoms with van der Waals surface area (Å²) in [4.78, 5) is 13.8. The maximum absolute atomic E-state index is 10.6. The number of nitrogens with two attached hydrogens (primary N) is 1. The quantitative estimate of drug-likeness (QED) is 0.688. The molecule has 0 bridgehead atoms. The Balaban J connectivity index is 2.19. The van der Waals surface area contributed by atoms with Gasteiger partial charge < -0.3 is 15.8 Å². The smallest absolute Gasteiger partial charge is 0.320 e. The lowest BCUT2D eigenvalue weighted by Gasteiger charge is -2.10. The summed E-state index contributed by atoms with van der Waals surface area (Å²) >= 11 is 0. The number of carboxylic acid groups (broad SMARTS) is 1. The Labute approximate surface area is 87.8 Å². The molecule has 0 fully saturated rings. The second-order valence-electron chi connectivity index (χ2n) is 3.80. The molecule has 1 unspecified atom stereocenters. The molecule has 80 valence electrons. The molecule has 2 rings (SSSR count). The van der Waals surface area contributed by atoms with Crippen LogP contribution in [0.1, 0.15) is 23.2 Å². The minimum Gasteiger partial charge on any atom is -0.480 e. The number of hydrogen-bond acceptors (Lipinski definition) is 2. The monoisotopic (exact) mass is 206 g/mol. The molecule has 0 saturated carbocycles.